The number of halogens is 1. The summed E-state index contributed by atoms with van der Waals surface area (Å²) < 4.78 is 13.2. The van der Waals surface area contributed by atoms with Crippen LogP contribution >= 0.6 is 23.1 Å². The van der Waals surface area contributed by atoms with Crippen molar-refractivity contribution in [2.24, 2.45) is 0 Å². The Hall–Kier alpha value is -2.68. The lowest BCUT2D eigenvalue weighted by atomic mass is 10.1. The summed E-state index contributed by atoms with van der Waals surface area (Å²) in [5, 5.41) is 21.1. The molecule has 1 aromatic heterocycles. The fraction of sp³-hybridized carbons (Fsp3) is 0.0526. The summed E-state index contributed by atoms with van der Waals surface area (Å²) in [5.74, 6) is 0.825. The number of aromatic hydroxyl groups is 2. The molecule has 2 aromatic carbocycles. The number of thioether (sulfide) groups is 1. The first kappa shape index (κ1) is 18.7. The van der Waals surface area contributed by atoms with Gasteiger partial charge in [-0.25, -0.2) is 4.79 Å². The molecule has 3 heterocycles. The fourth-order valence-corrected chi connectivity index (χ4v) is 5.13. The molecule has 3 aromatic rings. The molecule has 0 fully saturated rings. The van der Waals surface area contributed by atoms with Crippen LogP contribution in [0.15, 0.2) is 51.0 Å². The van der Waals surface area contributed by atoms with E-state index in [1.165, 1.54) is 35.2 Å². The molecule has 0 aliphatic carbocycles. The molecule has 0 bridgehead atoms. The van der Waals surface area contributed by atoms with Gasteiger partial charge in [-0.05, 0) is 42.0 Å². The van der Waals surface area contributed by atoms with Gasteiger partial charge >= 0.3 is 10.2 Å². The number of phenolic OH excluding ortho intramolecular Hbond substituents is 2. The third-order valence-electron chi connectivity index (χ3n) is 4.27. The number of hydrogen-bond acceptors (Lipinski definition) is 7. The fourth-order valence-electron chi connectivity index (χ4n) is 2.95. The summed E-state index contributed by atoms with van der Waals surface area (Å²) in [6.07, 6.45) is 1.83. The number of benzene rings is 2. The second kappa shape index (κ2) is 7.05. The number of ether oxygens (including phenoxy) is 2. The monoisotopic (exact) mass is 433 g/mol. The predicted molar refractivity (Wildman–Crippen MR) is 100 cm³/mol. The van der Waals surface area contributed by atoms with Crippen molar-refractivity contribution in [2.75, 3.05) is 6.79 Å². The van der Waals surface area contributed by atoms with Gasteiger partial charge < -0.3 is 32.1 Å². The Morgan fingerprint density at radius 1 is 1.04 bits per heavy atom. The van der Waals surface area contributed by atoms with Crippen LogP contribution in [0.3, 0.4) is 0 Å². The van der Waals surface area contributed by atoms with Gasteiger partial charge in [0.05, 0.1) is 10.9 Å². The van der Waals surface area contributed by atoms with E-state index in [-0.39, 0.29) is 36.6 Å². The van der Waals surface area contributed by atoms with E-state index in [0.29, 0.717) is 27.7 Å². The molecule has 142 valence electrons. The number of carbonyl (C=O) groups is 1. The van der Waals surface area contributed by atoms with Crippen molar-refractivity contribution >= 4 is 35.1 Å². The van der Waals surface area contributed by atoms with Crippen LogP contribution in [0.2, 0.25) is 0 Å². The molecule has 0 unspecified atom stereocenters. The van der Waals surface area contributed by atoms with Gasteiger partial charge in [-0.2, -0.15) is 0 Å². The van der Waals surface area contributed by atoms with Gasteiger partial charge in [0.25, 0.3) is 0 Å². The van der Waals surface area contributed by atoms with Crippen LogP contribution in [0, 0.1) is 0 Å². The van der Waals surface area contributed by atoms with E-state index >= 15 is 0 Å². The predicted octanol–water partition coefficient (Wildman–Crippen LogP) is 0.634. The van der Waals surface area contributed by atoms with Gasteiger partial charge in [-0.1, -0.05) is 17.4 Å². The van der Waals surface area contributed by atoms with E-state index in [9.17, 15) is 15.0 Å². The van der Waals surface area contributed by atoms with E-state index in [0.717, 1.165) is 9.90 Å². The van der Waals surface area contributed by atoms with Crippen molar-refractivity contribution in [3.63, 3.8) is 0 Å². The zero-order valence-corrected chi connectivity index (χ0v) is 16.5. The van der Waals surface area contributed by atoms with Crippen molar-refractivity contribution in [3.8, 4) is 34.3 Å². The van der Waals surface area contributed by atoms with Crippen molar-refractivity contribution in [1.29, 1.82) is 0 Å². The Kier molecular flexibility index (Phi) is 4.70. The van der Waals surface area contributed by atoms with Crippen molar-refractivity contribution in [1.82, 2.24) is 0 Å². The smallest absolute Gasteiger partial charge is 0.433 e. The topological polar surface area (TPSA) is 79.9 Å². The Balaban J connectivity index is 0.00000192. The highest BCUT2D eigenvalue weighted by atomic mass is 35.5. The molecule has 6 nitrogen and oxygen atoms in total. The van der Waals surface area contributed by atoms with Crippen LogP contribution < -0.4 is 26.4 Å². The summed E-state index contributed by atoms with van der Waals surface area (Å²) in [5.41, 5.74) is 2.19. The zero-order valence-electron chi connectivity index (χ0n) is 14.1. The van der Waals surface area contributed by atoms with Crippen LogP contribution in [-0.4, -0.2) is 22.9 Å². The standard InChI is InChI=1S/C19H11NO5S2.ClH/c21-13-3-2-11(7-14(13)22)12-8-26-19-20(12)18(23)17(27-19)6-10-1-4-15-16(5-10)25-9-24-15;/h1-8H,9H2,(H-,21,22);1H/b17-6-;. The number of rotatable bonds is 2. The van der Waals surface area contributed by atoms with E-state index < -0.39 is 0 Å². The lowest BCUT2D eigenvalue weighted by Gasteiger charge is -1.99. The highest BCUT2D eigenvalue weighted by molar-refractivity contribution is 8.05. The molecule has 9 heteroatoms. The quantitative estimate of drug-likeness (QED) is 0.351. The summed E-state index contributed by atoms with van der Waals surface area (Å²) in [4.78, 5) is 13.6. The summed E-state index contributed by atoms with van der Waals surface area (Å²) in [6, 6.07) is 10.1. The number of nitrogens with zero attached hydrogens (tertiary/aromatic N) is 1. The Morgan fingerprint density at radius 2 is 1.86 bits per heavy atom. The first-order chi connectivity index (χ1) is 13.1. The number of aromatic nitrogens is 1. The molecular weight excluding hydrogens is 422 g/mol. The van der Waals surface area contributed by atoms with Crippen molar-refractivity contribution in [3.05, 3.63) is 52.2 Å². The largest absolute Gasteiger partial charge is 1.00 e. The first-order valence-corrected chi connectivity index (χ1v) is 9.69. The van der Waals surface area contributed by atoms with E-state index in [2.05, 4.69) is 0 Å². The summed E-state index contributed by atoms with van der Waals surface area (Å²) >= 11 is 2.86. The SMILES string of the molecule is O=C1/C(=C/c2ccc3c(c2)OCO3)Sc2scc(-c3ccc(O)c(O)c3)[n+]21.[Cl-]. The third kappa shape index (κ3) is 2.99. The maximum absolute atomic E-state index is 13.0. The number of carbonyl (C=O) groups excluding carboxylic acids is 1. The van der Waals surface area contributed by atoms with Gasteiger partial charge in [0.15, 0.2) is 23.0 Å². The number of allylic oxidation sites excluding steroid dienone is 1. The van der Waals surface area contributed by atoms with Crippen LogP contribution in [0.4, 0.5) is 0 Å². The average Bonchev–Trinajstić information content (AvgIpc) is 3.35. The first-order valence-electron chi connectivity index (χ1n) is 8.00. The molecule has 28 heavy (non-hydrogen) atoms. The molecule has 0 radical (unpaired) electrons. The van der Waals surface area contributed by atoms with E-state index in [4.69, 9.17) is 9.47 Å². The minimum absolute atomic E-state index is 0. The molecule has 0 saturated carbocycles. The van der Waals surface area contributed by atoms with E-state index in [1.807, 2.05) is 29.7 Å². The Morgan fingerprint density at radius 3 is 2.68 bits per heavy atom. The highest BCUT2D eigenvalue weighted by Gasteiger charge is 2.41. The lowest BCUT2D eigenvalue weighted by Crippen LogP contribution is -3.00. The molecule has 5 rings (SSSR count). The highest BCUT2D eigenvalue weighted by Crippen LogP contribution is 2.40. The molecular formula is C19H12ClNO5S2. The number of thiazole rings is 1. The van der Waals surface area contributed by atoms with Gasteiger partial charge in [0, 0.05) is 11.8 Å². The summed E-state index contributed by atoms with van der Waals surface area (Å²) in [6.45, 7) is 0.207. The van der Waals surface area contributed by atoms with Gasteiger partial charge in [-0.3, -0.25) is 0 Å². The van der Waals surface area contributed by atoms with Crippen LogP contribution in [-0.2, 0) is 0 Å². The molecule has 2 aliphatic heterocycles. The van der Waals surface area contributed by atoms with Crippen LogP contribution in [0.25, 0.3) is 17.3 Å². The molecule has 0 atom stereocenters. The van der Waals surface area contributed by atoms with Gasteiger partial charge in [0.1, 0.15) is 4.91 Å². The Labute approximate surface area is 174 Å². The van der Waals surface area contributed by atoms with Crippen molar-refractivity contribution < 1.29 is 41.5 Å². The minimum atomic E-state index is -0.220. The maximum atomic E-state index is 13.0. The lowest BCUT2D eigenvalue weighted by molar-refractivity contribution is -0.588. The van der Waals surface area contributed by atoms with E-state index in [1.54, 1.807) is 10.6 Å². The Bertz CT molecular complexity index is 1140. The molecule has 0 saturated heterocycles. The third-order valence-corrected chi connectivity index (χ3v) is 6.41. The van der Waals surface area contributed by atoms with Gasteiger partial charge in [-0.15, -0.1) is 4.57 Å². The van der Waals surface area contributed by atoms with Gasteiger partial charge in [0.2, 0.25) is 12.5 Å². The molecule has 2 aliphatic rings. The second-order valence-electron chi connectivity index (χ2n) is 5.95. The second-order valence-corrected chi connectivity index (χ2v) is 8.10. The number of hydrogen-bond donors (Lipinski definition) is 2. The molecule has 0 spiro atoms. The normalized spacial score (nSPS) is 15.6. The van der Waals surface area contributed by atoms with Crippen LogP contribution in [0.1, 0.15) is 10.4 Å². The molecule has 0 amide bonds. The maximum Gasteiger partial charge on any atom is 0.433 e. The minimum Gasteiger partial charge on any atom is -1.00 e. The average molecular weight is 434 g/mol. The molecule has 2 N–H and O–H groups in total. The number of fused-ring (bicyclic) bond motifs is 2. The number of phenols is 2. The van der Waals surface area contributed by atoms with Crippen molar-refractivity contribution in [2.45, 2.75) is 4.34 Å². The summed E-state index contributed by atoms with van der Waals surface area (Å²) in [7, 11) is 0. The van der Waals surface area contributed by atoms with Crippen LogP contribution in [0.5, 0.6) is 23.0 Å². The zero-order chi connectivity index (χ0) is 18.5.